The summed E-state index contributed by atoms with van der Waals surface area (Å²) in [7, 11) is 0. The van der Waals surface area contributed by atoms with E-state index in [1.807, 2.05) is 32.0 Å². The minimum atomic E-state index is -0.245. The van der Waals surface area contributed by atoms with Gasteiger partial charge in [0.1, 0.15) is 0 Å². The van der Waals surface area contributed by atoms with Gasteiger partial charge in [0.15, 0.2) is 5.82 Å². The fraction of sp³-hybridized carbons (Fsp3) is 0.111. The summed E-state index contributed by atoms with van der Waals surface area (Å²) in [5.41, 5.74) is 3.90. The maximum atomic E-state index is 12.3. The van der Waals surface area contributed by atoms with Gasteiger partial charge in [0.2, 0.25) is 0 Å². The summed E-state index contributed by atoms with van der Waals surface area (Å²) in [6.07, 6.45) is 6.33. The molecule has 0 aliphatic rings. The zero-order valence-electron chi connectivity index (χ0n) is 13.2. The van der Waals surface area contributed by atoms with Crippen molar-refractivity contribution in [3.63, 3.8) is 0 Å². The van der Waals surface area contributed by atoms with E-state index in [4.69, 9.17) is 11.6 Å². The molecule has 1 amide bonds. The molecule has 3 aromatic rings. The van der Waals surface area contributed by atoms with Crippen molar-refractivity contribution in [1.29, 1.82) is 0 Å². The Labute approximate surface area is 144 Å². The largest absolute Gasteiger partial charge is 0.305 e. The molecular formula is C18H15ClN4O. The third kappa shape index (κ3) is 3.41. The fourth-order valence-electron chi connectivity index (χ4n) is 2.28. The van der Waals surface area contributed by atoms with Gasteiger partial charge in [-0.25, -0.2) is 4.98 Å². The number of nitrogens with zero attached hydrogens (tertiary/aromatic N) is 3. The molecule has 0 saturated heterocycles. The molecule has 2 aromatic heterocycles. The van der Waals surface area contributed by atoms with E-state index in [1.165, 1.54) is 6.20 Å². The molecule has 1 aromatic carbocycles. The molecule has 3 rings (SSSR count). The molecule has 5 nitrogen and oxygen atoms in total. The van der Waals surface area contributed by atoms with Crippen molar-refractivity contribution in [3.8, 4) is 11.3 Å². The SMILES string of the molecule is Cc1ccc(Cl)c(-c2cnc(NC(=O)c3ccncc3C)cn2)c1. The van der Waals surface area contributed by atoms with E-state index >= 15 is 0 Å². The number of pyridine rings is 1. The summed E-state index contributed by atoms with van der Waals surface area (Å²) in [5, 5.41) is 3.34. The quantitative estimate of drug-likeness (QED) is 0.782. The van der Waals surface area contributed by atoms with Crippen molar-refractivity contribution in [2.24, 2.45) is 0 Å². The highest BCUT2D eigenvalue weighted by Crippen LogP contribution is 2.27. The molecule has 0 unspecified atom stereocenters. The van der Waals surface area contributed by atoms with Crippen LogP contribution in [-0.2, 0) is 0 Å². The van der Waals surface area contributed by atoms with Crippen LogP contribution in [0.5, 0.6) is 0 Å². The van der Waals surface area contributed by atoms with E-state index in [-0.39, 0.29) is 5.91 Å². The van der Waals surface area contributed by atoms with Crippen LogP contribution >= 0.6 is 11.6 Å². The first kappa shape index (κ1) is 16.1. The van der Waals surface area contributed by atoms with Crippen LogP contribution in [0.2, 0.25) is 5.02 Å². The minimum absolute atomic E-state index is 0.245. The standard InChI is InChI=1S/C18H15ClN4O/c1-11-3-4-15(19)14(7-11)16-9-22-17(10-21-16)23-18(24)13-5-6-20-8-12(13)2/h3-10H,1-2H3,(H,22,23,24). The van der Waals surface area contributed by atoms with Gasteiger partial charge in [-0.3, -0.25) is 14.8 Å². The van der Waals surface area contributed by atoms with Crippen LogP contribution in [0.25, 0.3) is 11.3 Å². The van der Waals surface area contributed by atoms with Crippen LogP contribution in [0.4, 0.5) is 5.82 Å². The van der Waals surface area contributed by atoms with Crippen molar-refractivity contribution < 1.29 is 4.79 Å². The van der Waals surface area contributed by atoms with Crippen LogP contribution in [0.3, 0.4) is 0 Å². The van der Waals surface area contributed by atoms with E-state index < -0.39 is 0 Å². The lowest BCUT2D eigenvalue weighted by Crippen LogP contribution is -2.14. The van der Waals surface area contributed by atoms with E-state index in [9.17, 15) is 4.79 Å². The Morgan fingerprint density at radius 3 is 2.62 bits per heavy atom. The van der Waals surface area contributed by atoms with Crippen LogP contribution in [-0.4, -0.2) is 20.9 Å². The normalized spacial score (nSPS) is 10.5. The van der Waals surface area contributed by atoms with Gasteiger partial charge in [-0.1, -0.05) is 23.2 Å². The molecule has 0 aliphatic heterocycles. The molecule has 0 radical (unpaired) electrons. The lowest BCUT2D eigenvalue weighted by molar-refractivity contribution is 0.102. The van der Waals surface area contributed by atoms with Gasteiger partial charge in [-0.15, -0.1) is 0 Å². The van der Waals surface area contributed by atoms with Gasteiger partial charge in [-0.05, 0) is 37.6 Å². The smallest absolute Gasteiger partial charge is 0.257 e. The second-order valence-electron chi connectivity index (χ2n) is 5.41. The van der Waals surface area contributed by atoms with Gasteiger partial charge >= 0.3 is 0 Å². The number of hydrogen-bond acceptors (Lipinski definition) is 4. The Morgan fingerprint density at radius 1 is 1.08 bits per heavy atom. The molecule has 6 heteroatoms. The number of hydrogen-bond donors (Lipinski definition) is 1. The number of carbonyl (C=O) groups excluding carboxylic acids is 1. The Hall–Kier alpha value is -2.79. The number of aryl methyl sites for hydroxylation is 2. The van der Waals surface area contributed by atoms with Gasteiger partial charge in [0, 0.05) is 23.5 Å². The van der Waals surface area contributed by atoms with Crippen LogP contribution in [0.1, 0.15) is 21.5 Å². The van der Waals surface area contributed by atoms with Crippen LogP contribution in [0, 0.1) is 13.8 Å². The third-order valence-corrected chi connectivity index (χ3v) is 3.89. The summed E-state index contributed by atoms with van der Waals surface area (Å²) >= 11 is 6.21. The highest BCUT2D eigenvalue weighted by atomic mass is 35.5. The lowest BCUT2D eigenvalue weighted by atomic mass is 10.1. The summed E-state index contributed by atoms with van der Waals surface area (Å²) < 4.78 is 0. The van der Waals surface area contributed by atoms with Crippen molar-refractivity contribution in [2.75, 3.05) is 5.32 Å². The number of carbonyl (C=O) groups is 1. The lowest BCUT2D eigenvalue weighted by Gasteiger charge is -2.08. The number of nitrogens with one attached hydrogen (secondary N) is 1. The Bertz CT molecular complexity index is 894. The highest BCUT2D eigenvalue weighted by molar-refractivity contribution is 6.33. The van der Waals surface area contributed by atoms with Gasteiger partial charge in [-0.2, -0.15) is 0 Å². The summed E-state index contributed by atoms with van der Waals surface area (Å²) in [5.74, 6) is 0.134. The summed E-state index contributed by atoms with van der Waals surface area (Å²) in [4.78, 5) is 24.8. The maximum absolute atomic E-state index is 12.3. The first-order valence-electron chi connectivity index (χ1n) is 7.35. The van der Waals surface area contributed by atoms with E-state index in [0.717, 1.165) is 16.7 Å². The maximum Gasteiger partial charge on any atom is 0.257 e. The molecule has 0 fully saturated rings. The average Bonchev–Trinajstić information content (AvgIpc) is 2.58. The zero-order chi connectivity index (χ0) is 17.1. The van der Waals surface area contributed by atoms with Gasteiger partial charge in [0.25, 0.3) is 5.91 Å². The average molecular weight is 339 g/mol. The second kappa shape index (κ2) is 6.76. The monoisotopic (exact) mass is 338 g/mol. The number of benzene rings is 1. The molecule has 0 aliphatic carbocycles. The Kier molecular flexibility index (Phi) is 4.53. The van der Waals surface area contributed by atoms with E-state index in [2.05, 4.69) is 20.3 Å². The van der Waals surface area contributed by atoms with E-state index in [0.29, 0.717) is 22.1 Å². The molecule has 0 spiro atoms. The van der Waals surface area contributed by atoms with Crippen molar-refractivity contribution in [2.45, 2.75) is 13.8 Å². The van der Waals surface area contributed by atoms with Crippen LogP contribution < -0.4 is 5.32 Å². The van der Waals surface area contributed by atoms with Crippen LogP contribution in [0.15, 0.2) is 49.1 Å². The topological polar surface area (TPSA) is 67.8 Å². The number of halogens is 1. The summed E-state index contributed by atoms with van der Waals surface area (Å²) in [6.45, 7) is 3.81. The number of rotatable bonds is 3. The zero-order valence-corrected chi connectivity index (χ0v) is 14.0. The number of aromatic nitrogens is 3. The second-order valence-corrected chi connectivity index (χ2v) is 5.82. The highest BCUT2D eigenvalue weighted by Gasteiger charge is 2.11. The molecule has 24 heavy (non-hydrogen) atoms. The minimum Gasteiger partial charge on any atom is -0.305 e. The first-order valence-corrected chi connectivity index (χ1v) is 7.73. The number of anilines is 1. The van der Waals surface area contributed by atoms with Gasteiger partial charge < -0.3 is 5.32 Å². The molecule has 0 saturated carbocycles. The fourth-order valence-corrected chi connectivity index (χ4v) is 2.49. The predicted molar refractivity (Wildman–Crippen MR) is 94.1 cm³/mol. The first-order chi connectivity index (χ1) is 11.5. The number of amides is 1. The van der Waals surface area contributed by atoms with Crippen molar-refractivity contribution in [1.82, 2.24) is 15.0 Å². The molecule has 0 atom stereocenters. The van der Waals surface area contributed by atoms with Crippen molar-refractivity contribution >= 4 is 23.3 Å². The van der Waals surface area contributed by atoms with Gasteiger partial charge in [0.05, 0.1) is 23.1 Å². The molecular weight excluding hydrogens is 324 g/mol. The predicted octanol–water partition coefficient (Wildman–Crippen LogP) is 4.06. The molecule has 120 valence electrons. The molecule has 0 bridgehead atoms. The Morgan fingerprint density at radius 2 is 1.92 bits per heavy atom. The van der Waals surface area contributed by atoms with E-state index in [1.54, 1.807) is 24.7 Å². The Balaban J connectivity index is 1.81. The molecule has 1 N–H and O–H groups in total. The summed E-state index contributed by atoms with van der Waals surface area (Å²) in [6, 6.07) is 7.38. The van der Waals surface area contributed by atoms with Crippen molar-refractivity contribution in [3.05, 3.63) is 70.8 Å². The molecule has 2 heterocycles. The third-order valence-electron chi connectivity index (χ3n) is 3.56.